The maximum absolute atomic E-state index is 15.4. The lowest BCUT2D eigenvalue weighted by Crippen LogP contribution is -2.54. The summed E-state index contributed by atoms with van der Waals surface area (Å²) in [6.07, 6.45) is 5.45. The van der Waals surface area contributed by atoms with Gasteiger partial charge in [-0.1, -0.05) is 18.9 Å². The zero-order valence-electron chi connectivity index (χ0n) is 34.8. The molecule has 1 aliphatic carbocycles. The first-order valence-corrected chi connectivity index (χ1v) is 20.8. The van der Waals surface area contributed by atoms with Gasteiger partial charge >= 0.3 is 5.92 Å². The van der Waals surface area contributed by atoms with E-state index < -0.39 is 59.8 Å². The number of aromatic nitrogens is 2. The molecule has 3 aliphatic heterocycles. The highest BCUT2D eigenvalue weighted by atomic mass is 19.3. The topological polar surface area (TPSA) is 214 Å². The molecule has 2 aromatic carbocycles. The molecule has 1 aromatic heterocycles. The third-order valence-corrected chi connectivity index (χ3v) is 11.3. The molecular weight excluding hydrogens is 832 g/mol. The minimum Gasteiger partial charge on any atom is -0.495 e. The molecule has 21 heteroatoms. The Labute approximate surface area is 360 Å². The van der Waals surface area contributed by atoms with E-state index in [-0.39, 0.29) is 71.0 Å². The number of rotatable bonds is 18. The summed E-state index contributed by atoms with van der Waals surface area (Å²) in [5, 5.41) is 10.8. The predicted molar refractivity (Wildman–Crippen MR) is 221 cm³/mol. The first-order chi connectivity index (χ1) is 30.3. The maximum atomic E-state index is 15.4. The molecule has 4 N–H and O–H groups in total. The molecule has 0 bridgehead atoms. The zero-order chi connectivity index (χ0) is 44.8. The molecular formula is C42H48F3N9O9. The molecule has 1 saturated heterocycles. The molecule has 4 aliphatic rings. The second-order valence-electron chi connectivity index (χ2n) is 15.5. The third-order valence-electron chi connectivity index (χ3n) is 11.3. The van der Waals surface area contributed by atoms with E-state index in [0.717, 1.165) is 28.7 Å². The molecule has 18 nitrogen and oxygen atoms in total. The molecule has 0 radical (unpaired) electrons. The molecule has 3 aromatic rings. The number of imide groups is 2. The average Bonchev–Trinajstić information content (AvgIpc) is 3.87. The van der Waals surface area contributed by atoms with Crippen molar-refractivity contribution >= 4 is 64.3 Å². The minimum absolute atomic E-state index is 0.0325. The number of anilines is 5. The lowest BCUT2D eigenvalue weighted by atomic mass is 10.0. The molecule has 4 heterocycles. The van der Waals surface area contributed by atoms with Crippen LogP contribution in [0.3, 0.4) is 0 Å². The molecule has 2 fully saturated rings. The van der Waals surface area contributed by atoms with Gasteiger partial charge < -0.3 is 40.0 Å². The lowest BCUT2D eigenvalue weighted by Gasteiger charge is -2.31. The fourth-order valence-corrected chi connectivity index (χ4v) is 8.08. The number of halogens is 3. The molecule has 0 spiro atoms. The fourth-order valence-electron chi connectivity index (χ4n) is 8.08. The predicted octanol–water partition coefficient (Wildman–Crippen LogP) is 3.79. The molecule has 336 valence electrons. The van der Waals surface area contributed by atoms with Crippen molar-refractivity contribution in [1.29, 1.82) is 0 Å². The Bertz CT molecular complexity index is 2280. The zero-order valence-corrected chi connectivity index (χ0v) is 34.8. The Balaban J connectivity index is 0.818. The molecule has 1 unspecified atom stereocenters. The number of alkyl halides is 2. The van der Waals surface area contributed by atoms with Gasteiger partial charge in [-0.25, -0.2) is 9.37 Å². The van der Waals surface area contributed by atoms with Gasteiger partial charge in [-0.05, 0) is 50.3 Å². The SMILES string of the molecule is COc1cc(C(=O)NCCCOCCCOCCNc2cccc3c2C(=O)N(C2CCC(=O)NC2=O)C3=O)c(F)cc1Nc1ncc2c(n1)N(C1CCCC1)CC(F)(F)C(=O)N2C. The van der Waals surface area contributed by atoms with Gasteiger partial charge in [0.2, 0.25) is 17.8 Å². The van der Waals surface area contributed by atoms with Gasteiger partial charge in [0.05, 0.1) is 48.8 Å². The molecule has 1 saturated carbocycles. The van der Waals surface area contributed by atoms with Gasteiger partial charge in [-0.3, -0.25) is 39.0 Å². The van der Waals surface area contributed by atoms with E-state index in [1.54, 1.807) is 12.1 Å². The number of fused-ring (bicyclic) bond motifs is 2. The van der Waals surface area contributed by atoms with E-state index >= 15 is 4.39 Å². The summed E-state index contributed by atoms with van der Waals surface area (Å²) in [5.41, 5.74) is 0.721. The third kappa shape index (κ3) is 9.68. The second-order valence-corrected chi connectivity index (χ2v) is 15.5. The van der Waals surface area contributed by atoms with Crippen molar-refractivity contribution in [3.63, 3.8) is 0 Å². The van der Waals surface area contributed by atoms with Crippen molar-refractivity contribution in [2.75, 3.05) is 80.7 Å². The van der Waals surface area contributed by atoms with Crippen molar-refractivity contribution in [3.05, 3.63) is 59.0 Å². The smallest absolute Gasteiger partial charge is 0.342 e. The van der Waals surface area contributed by atoms with Crippen LogP contribution in [0.2, 0.25) is 0 Å². The van der Waals surface area contributed by atoms with Gasteiger partial charge in [0.1, 0.15) is 23.3 Å². The summed E-state index contributed by atoms with van der Waals surface area (Å²) < 4.78 is 62.1. The maximum Gasteiger partial charge on any atom is 0.342 e. The van der Waals surface area contributed by atoms with E-state index in [1.807, 2.05) is 0 Å². The number of hydrogen-bond acceptors (Lipinski definition) is 14. The second kappa shape index (κ2) is 19.4. The molecule has 63 heavy (non-hydrogen) atoms. The van der Waals surface area contributed by atoms with Gasteiger partial charge in [0, 0.05) is 64.2 Å². The Morgan fingerprint density at radius 1 is 0.952 bits per heavy atom. The number of benzene rings is 2. The number of carbonyl (C=O) groups is 6. The number of piperidine rings is 1. The van der Waals surface area contributed by atoms with E-state index in [2.05, 4.69) is 31.2 Å². The van der Waals surface area contributed by atoms with Crippen molar-refractivity contribution in [2.24, 2.45) is 0 Å². The average molecular weight is 880 g/mol. The van der Waals surface area contributed by atoms with Crippen LogP contribution in [0.5, 0.6) is 5.75 Å². The molecule has 7 rings (SSSR count). The van der Waals surface area contributed by atoms with Crippen LogP contribution in [-0.2, 0) is 23.9 Å². The first kappa shape index (κ1) is 44.7. The number of nitrogens with zero attached hydrogens (tertiary/aromatic N) is 5. The number of carbonyl (C=O) groups excluding carboxylic acids is 6. The largest absolute Gasteiger partial charge is 0.495 e. The van der Waals surface area contributed by atoms with Crippen LogP contribution in [0.25, 0.3) is 0 Å². The standard InChI is InChI=1S/C42H48F3N9O9/c1-52-31-22-48-41(51-35(31)53(24-8-3-4-9-24)23-42(44,45)40(52)60)49-29-21-27(43)26(20-32(29)61-2)36(56)47-14-6-16-62-17-7-18-63-19-15-46-28-11-5-10-25-34(28)39(59)54(38(25)58)30-12-13-33(55)50-37(30)57/h5,10-11,20-22,24,30,46H,3-4,6-9,12-19,23H2,1-2H3,(H,47,56)(H,48,49,51)(H,50,55,57). The summed E-state index contributed by atoms with van der Waals surface area (Å²) in [6.45, 7) is 1.07. The van der Waals surface area contributed by atoms with E-state index in [1.165, 1.54) is 37.4 Å². The van der Waals surface area contributed by atoms with Crippen LogP contribution in [0, 0.1) is 5.82 Å². The van der Waals surface area contributed by atoms with Crippen molar-refractivity contribution in [2.45, 2.75) is 69.4 Å². The summed E-state index contributed by atoms with van der Waals surface area (Å²) >= 11 is 0. The minimum atomic E-state index is -3.64. The number of methoxy groups -OCH3 is 1. The normalized spacial score (nSPS) is 18.6. The number of amides is 6. The summed E-state index contributed by atoms with van der Waals surface area (Å²) in [6, 6.07) is 5.81. The van der Waals surface area contributed by atoms with Crippen LogP contribution >= 0.6 is 0 Å². The fraction of sp³-hybridized carbons (Fsp3) is 0.476. The summed E-state index contributed by atoms with van der Waals surface area (Å²) in [4.78, 5) is 87.7. The quantitative estimate of drug-likeness (QED) is 0.106. The van der Waals surface area contributed by atoms with Gasteiger partial charge in [-0.15, -0.1) is 0 Å². The van der Waals surface area contributed by atoms with Crippen LogP contribution in [-0.4, -0.2) is 129 Å². The van der Waals surface area contributed by atoms with Gasteiger partial charge in [-0.2, -0.15) is 13.8 Å². The van der Waals surface area contributed by atoms with Crippen molar-refractivity contribution < 1.29 is 56.1 Å². The Kier molecular flexibility index (Phi) is 13.7. The van der Waals surface area contributed by atoms with E-state index in [0.29, 0.717) is 64.3 Å². The highest BCUT2D eigenvalue weighted by molar-refractivity contribution is 6.25. The lowest BCUT2D eigenvalue weighted by molar-refractivity contribution is -0.140. The Morgan fingerprint density at radius 2 is 1.70 bits per heavy atom. The Morgan fingerprint density at radius 3 is 2.44 bits per heavy atom. The van der Waals surface area contributed by atoms with Crippen LogP contribution in [0.15, 0.2) is 36.5 Å². The van der Waals surface area contributed by atoms with Crippen molar-refractivity contribution in [3.8, 4) is 5.75 Å². The summed E-state index contributed by atoms with van der Waals surface area (Å²) in [7, 11) is 2.59. The number of nitrogens with one attached hydrogen (secondary N) is 4. The number of ether oxygens (including phenoxy) is 3. The number of hydrogen-bond donors (Lipinski definition) is 4. The van der Waals surface area contributed by atoms with Crippen LogP contribution < -0.4 is 35.8 Å². The monoisotopic (exact) mass is 879 g/mol. The van der Waals surface area contributed by atoms with Crippen LogP contribution in [0.1, 0.15) is 82.4 Å². The van der Waals surface area contributed by atoms with Gasteiger partial charge in [0.25, 0.3) is 23.6 Å². The summed E-state index contributed by atoms with van der Waals surface area (Å²) in [5.74, 6) is -8.64. The first-order valence-electron chi connectivity index (χ1n) is 20.8. The van der Waals surface area contributed by atoms with E-state index in [4.69, 9.17) is 14.2 Å². The highest BCUT2D eigenvalue weighted by Gasteiger charge is 2.49. The highest BCUT2D eigenvalue weighted by Crippen LogP contribution is 2.40. The van der Waals surface area contributed by atoms with Gasteiger partial charge in [0.15, 0.2) is 5.82 Å². The van der Waals surface area contributed by atoms with E-state index in [9.17, 15) is 37.5 Å². The molecule has 6 amide bonds. The molecule has 1 atom stereocenters. The Hall–Kier alpha value is -6.35. The van der Waals surface area contributed by atoms with Crippen LogP contribution in [0.4, 0.5) is 42.0 Å². The van der Waals surface area contributed by atoms with Crippen molar-refractivity contribution in [1.82, 2.24) is 25.5 Å².